The van der Waals surface area contributed by atoms with Gasteiger partial charge in [-0.25, -0.2) is 8.78 Å². The molecule has 0 aliphatic carbocycles. The van der Waals surface area contributed by atoms with Crippen LogP contribution in [-0.2, 0) is 6.54 Å². The van der Waals surface area contributed by atoms with Gasteiger partial charge in [-0.15, -0.1) is 0 Å². The molecule has 1 fully saturated rings. The van der Waals surface area contributed by atoms with E-state index >= 15 is 0 Å². The van der Waals surface area contributed by atoms with Crippen LogP contribution in [0.15, 0.2) is 16.6 Å². The molecule has 0 spiro atoms. The second kappa shape index (κ2) is 5.67. The Labute approximate surface area is 113 Å². The number of hydrogen-bond acceptors (Lipinski definition) is 2. The molecule has 94 valence electrons. The van der Waals surface area contributed by atoms with Crippen molar-refractivity contribution >= 4 is 27.7 Å². The van der Waals surface area contributed by atoms with Gasteiger partial charge in [-0.2, -0.15) is 11.8 Å². The summed E-state index contributed by atoms with van der Waals surface area (Å²) in [4.78, 5) is 2.13. The van der Waals surface area contributed by atoms with Crippen LogP contribution in [-0.4, -0.2) is 29.0 Å². The first kappa shape index (κ1) is 13.3. The van der Waals surface area contributed by atoms with E-state index in [0.29, 0.717) is 17.1 Å². The van der Waals surface area contributed by atoms with Crippen molar-refractivity contribution in [3.05, 3.63) is 33.8 Å². The third-order valence-electron chi connectivity index (χ3n) is 3.01. The molecule has 5 heteroatoms. The van der Waals surface area contributed by atoms with Gasteiger partial charge in [0.1, 0.15) is 11.6 Å². The van der Waals surface area contributed by atoms with Crippen molar-refractivity contribution in [2.75, 3.05) is 18.1 Å². The Morgan fingerprint density at radius 1 is 1.47 bits per heavy atom. The van der Waals surface area contributed by atoms with Gasteiger partial charge in [0.25, 0.3) is 0 Å². The molecule has 0 amide bonds. The number of rotatable bonds is 2. The predicted molar refractivity (Wildman–Crippen MR) is 71.3 cm³/mol. The molecule has 1 saturated heterocycles. The smallest absolute Gasteiger partial charge is 0.144 e. The molecule has 0 aromatic heterocycles. The first-order valence-corrected chi connectivity index (χ1v) is 7.48. The SMILES string of the molecule is CC1CSCCN1Cc1c(F)ccc(Br)c1F. The molecule has 0 radical (unpaired) electrons. The molecule has 1 aliphatic rings. The number of nitrogens with zero attached hydrogens (tertiary/aromatic N) is 1. The zero-order valence-corrected chi connectivity index (χ0v) is 12.0. The van der Waals surface area contributed by atoms with Crippen LogP contribution in [0.2, 0.25) is 0 Å². The van der Waals surface area contributed by atoms with Gasteiger partial charge < -0.3 is 0 Å². The van der Waals surface area contributed by atoms with Gasteiger partial charge >= 0.3 is 0 Å². The highest BCUT2D eigenvalue weighted by Gasteiger charge is 2.22. The molecule has 1 unspecified atom stereocenters. The van der Waals surface area contributed by atoms with Crippen molar-refractivity contribution in [2.24, 2.45) is 0 Å². The van der Waals surface area contributed by atoms with Gasteiger partial charge in [0.15, 0.2) is 0 Å². The van der Waals surface area contributed by atoms with E-state index in [-0.39, 0.29) is 5.56 Å². The summed E-state index contributed by atoms with van der Waals surface area (Å²) in [5.74, 6) is 1.12. The molecule has 0 saturated carbocycles. The molecule has 2 rings (SSSR count). The Morgan fingerprint density at radius 3 is 2.94 bits per heavy atom. The van der Waals surface area contributed by atoms with Gasteiger partial charge in [0.2, 0.25) is 0 Å². The van der Waals surface area contributed by atoms with Crippen LogP contribution in [0.1, 0.15) is 12.5 Å². The van der Waals surface area contributed by atoms with E-state index in [4.69, 9.17) is 0 Å². The highest BCUT2D eigenvalue weighted by molar-refractivity contribution is 9.10. The first-order chi connectivity index (χ1) is 8.09. The maximum absolute atomic E-state index is 13.8. The minimum Gasteiger partial charge on any atom is -0.295 e. The fourth-order valence-corrected chi connectivity index (χ4v) is 3.37. The van der Waals surface area contributed by atoms with E-state index in [1.165, 1.54) is 12.1 Å². The summed E-state index contributed by atoms with van der Waals surface area (Å²) in [6.45, 7) is 3.33. The van der Waals surface area contributed by atoms with Crippen molar-refractivity contribution in [1.82, 2.24) is 4.90 Å². The van der Waals surface area contributed by atoms with Crippen molar-refractivity contribution in [3.63, 3.8) is 0 Å². The quantitative estimate of drug-likeness (QED) is 0.765. The standard InChI is InChI=1S/C12H14BrF2NS/c1-8-7-17-5-4-16(8)6-9-11(14)3-2-10(13)12(9)15/h2-3,8H,4-7H2,1H3. The maximum atomic E-state index is 13.8. The zero-order chi connectivity index (χ0) is 12.4. The fourth-order valence-electron chi connectivity index (χ4n) is 1.91. The van der Waals surface area contributed by atoms with E-state index in [1.807, 2.05) is 11.8 Å². The Hall–Kier alpha value is -0.130. The minimum absolute atomic E-state index is 0.165. The lowest BCUT2D eigenvalue weighted by Crippen LogP contribution is -2.40. The molecule has 0 bridgehead atoms. The van der Waals surface area contributed by atoms with Crippen LogP contribution in [0.25, 0.3) is 0 Å². The van der Waals surface area contributed by atoms with Crippen LogP contribution in [0.3, 0.4) is 0 Å². The van der Waals surface area contributed by atoms with Gasteiger partial charge in [-0.1, -0.05) is 0 Å². The highest BCUT2D eigenvalue weighted by atomic mass is 79.9. The number of hydrogen-bond donors (Lipinski definition) is 0. The summed E-state index contributed by atoms with van der Waals surface area (Å²) in [5, 5.41) is 0. The lowest BCUT2D eigenvalue weighted by atomic mass is 10.1. The summed E-state index contributed by atoms with van der Waals surface area (Å²) in [6, 6.07) is 3.08. The van der Waals surface area contributed by atoms with Gasteiger partial charge in [-0.3, -0.25) is 4.90 Å². The number of halogens is 3. The molecular weight excluding hydrogens is 308 g/mol. The van der Waals surface area contributed by atoms with Crippen molar-refractivity contribution in [3.8, 4) is 0 Å². The third-order valence-corrected chi connectivity index (χ3v) is 4.81. The maximum Gasteiger partial charge on any atom is 0.144 e. The Kier molecular flexibility index (Phi) is 4.44. The molecular formula is C12H14BrF2NS. The summed E-state index contributed by atoms with van der Waals surface area (Å²) >= 11 is 4.99. The van der Waals surface area contributed by atoms with Crippen LogP contribution >= 0.6 is 27.7 Å². The second-order valence-electron chi connectivity index (χ2n) is 4.22. The normalized spacial score (nSPS) is 21.8. The van der Waals surface area contributed by atoms with Gasteiger partial charge in [0.05, 0.1) is 4.47 Å². The van der Waals surface area contributed by atoms with Crippen LogP contribution in [0, 0.1) is 11.6 Å². The van der Waals surface area contributed by atoms with Crippen LogP contribution in [0.4, 0.5) is 8.78 Å². The third kappa shape index (κ3) is 3.01. The summed E-state index contributed by atoms with van der Waals surface area (Å²) < 4.78 is 27.8. The molecule has 0 N–H and O–H groups in total. The Morgan fingerprint density at radius 2 is 2.24 bits per heavy atom. The summed E-state index contributed by atoms with van der Waals surface area (Å²) in [6.07, 6.45) is 0. The van der Waals surface area contributed by atoms with Crippen molar-refractivity contribution < 1.29 is 8.78 Å². The molecule has 1 atom stereocenters. The highest BCUT2D eigenvalue weighted by Crippen LogP contribution is 2.25. The molecule has 1 aromatic rings. The van der Waals surface area contributed by atoms with E-state index in [1.54, 1.807) is 0 Å². The van der Waals surface area contributed by atoms with E-state index in [2.05, 4.69) is 27.8 Å². The summed E-state index contributed by atoms with van der Waals surface area (Å²) in [5.41, 5.74) is 0.165. The zero-order valence-electron chi connectivity index (χ0n) is 9.55. The molecule has 17 heavy (non-hydrogen) atoms. The van der Waals surface area contributed by atoms with Crippen molar-refractivity contribution in [1.29, 1.82) is 0 Å². The molecule has 1 aliphatic heterocycles. The second-order valence-corrected chi connectivity index (χ2v) is 6.22. The number of benzene rings is 1. The predicted octanol–water partition coefficient (Wildman–Crippen LogP) is 3.66. The Bertz CT molecular complexity index is 414. The van der Waals surface area contributed by atoms with E-state index in [9.17, 15) is 8.78 Å². The van der Waals surface area contributed by atoms with Gasteiger partial charge in [0, 0.05) is 36.2 Å². The average Bonchev–Trinajstić information content (AvgIpc) is 2.32. The molecule has 1 aromatic carbocycles. The van der Waals surface area contributed by atoms with Gasteiger partial charge in [-0.05, 0) is 35.0 Å². The lowest BCUT2D eigenvalue weighted by Gasteiger charge is -2.33. The monoisotopic (exact) mass is 321 g/mol. The van der Waals surface area contributed by atoms with Crippen LogP contribution in [0.5, 0.6) is 0 Å². The Balaban J connectivity index is 2.20. The minimum atomic E-state index is -0.476. The van der Waals surface area contributed by atoms with E-state index < -0.39 is 11.6 Å². The lowest BCUT2D eigenvalue weighted by molar-refractivity contribution is 0.217. The van der Waals surface area contributed by atoms with Crippen molar-refractivity contribution in [2.45, 2.75) is 19.5 Å². The van der Waals surface area contributed by atoms with Crippen LogP contribution < -0.4 is 0 Å². The largest absolute Gasteiger partial charge is 0.295 e. The molecule has 1 nitrogen and oxygen atoms in total. The number of thioether (sulfide) groups is 1. The first-order valence-electron chi connectivity index (χ1n) is 5.53. The summed E-state index contributed by atoms with van der Waals surface area (Å²) in [7, 11) is 0. The fraction of sp³-hybridized carbons (Fsp3) is 0.500. The average molecular weight is 322 g/mol. The topological polar surface area (TPSA) is 3.24 Å². The van der Waals surface area contributed by atoms with E-state index in [0.717, 1.165) is 18.1 Å². The molecule has 1 heterocycles.